The molecule has 3 aliphatic rings. The predicted molar refractivity (Wildman–Crippen MR) is 79.5 cm³/mol. The van der Waals surface area contributed by atoms with Crippen LogP contribution in [0.15, 0.2) is 35.3 Å². The van der Waals surface area contributed by atoms with Crippen molar-refractivity contribution in [1.82, 2.24) is 15.3 Å². The summed E-state index contributed by atoms with van der Waals surface area (Å²) in [6.45, 7) is 0. The van der Waals surface area contributed by atoms with Crippen molar-refractivity contribution < 1.29 is 9.59 Å². The van der Waals surface area contributed by atoms with E-state index in [1.807, 2.05) is 30.3 Å². The second-order valence-corrected chi connectivity index (χ2v) is 5.96. The Balaban J connectivity index is 1.75. The number of amidine groups is 1. The maximum absolute atomic E-state index is 12.5. The maximum Gasteiger partial charge on any atom is 0.327 e. The van der Waals surface area contributed by atoms with E-state index in [-0.39, 0.29) is 24.3 Å². The molecule has 108 valence electrons. The maximum atomic E-state index is 12.5. The van der Waals surface area contributed by atoms with Crippen molar-refractivity contribution in [2.75, 3.05) is 17.7 Å². The highest BCUT2D eigenvalue weighted by atomic mass is 32.2. The lowest BCUT2D eigenvalue weighted by atomic mass is 10.2. The third kappa shape index (κ3) is 1.76. The number of para-hydroxylation sites is 1. The largest absolute Gasteiger partial charge is 0.327 e. The first-order valence-corrected chi connectivity index (χ1v) is 7.56. The Morgan fingerprint density at radius 3 is 2.81 bits per heavy atom. The number of carbonyl (C=O) groups excluding carboxylic acids is 2. The highest BCUT2D eigenvalue weighted by molar-refractivity contribution is 8.15. The fourth-order valence-corrected chi connectivity index (χ4v) is 3.57. The van der Waals surface area contributed by atoms with Gasteiger partial charge in [0.15, 0.2) is 11.3 Å². The predicted octanol–water partition coefficient (Wildman–Crippen LogP) is 0.660. The van der Waals surface area contributed by atoms with Crippen LogP contribution in [0.4, 0.5) is 10.5 Å². The summed E-state index contributed by atoms with van der Waals surface area (Å²) >= 11 is 1.39. The van der Waals surface area contributed by atoms with Crippen molar-refractivity contribution in [2.24, 2.45) is 4.99 Å². The Kier molecular flexibility index (Phi) is 2.69. The van der Waals surface area contributed by atoms with Crippen molar-refractivity contribution in [3.8, 4) is 0 Å². The number of hydrogen-bond acceptors (Lipinski definition) is 5. The number of aliphatic imine (C=N–C) groups is 1. The van der Waals surface area contributed by atoms with E-state index in [1.165, 1.54) is 16.8 Å². The Hall–Kier alpha value is -2.06. The topological polar surface area (TPSA) is 68.2 Å². The lowest BCUT2D eigenvalue weighted by Gasteiger charge is -2.33. The van der Waals surface area contributed by atoms with E-state index in [1.54, 1.807) is 16.8 Å². The molecule has 0 aliphatic carbocycles. The Morgan fingerprint density at radius 2 is 2.05 bits per heavy atom. The molecule has 0 bridgehead atoms. The summed E-state index contributed by atoms with van der Waals surface area (Å²) in [5, 5.41) is 2.09. The van der Waals surface area contributed by atoms with Crippen LogP contribution in [-0.2, 0) is 4.79 Å². The molecule has 3 amide bonds. The van der Waals surface area contributed by atoms with Crippen LogP contribution in [-0.4, -0.2) is 52.1 Å². The molecule has 1 aromatic rings. The van der Waals surface area contributed by atoms with E-state index in [9.17, 15) is 9.59 Å². The minimum absolute atomic E-state index is 0.0350. The van der Waals surface area contributed by atoms with Crippen LogP contribution >= 0.6 is 11.8 Å². The van der Waals surface area contributed by atoms with Gasteiger partial charge in [-0.1, -0.05) is 30.0 Å². The summed E-state index contributed by atoms with van der Waals surface area (Å²) in [6, 6.07) is 9.27. The SMILES string of the molecule is CN1C(=O)N(c2ccccc2)C2NN3C(=O)CSC3=NC21. The lowest BCUT2D eigenvalue weighted by Crippen LogP contribution is -2.60. The molecular weight excluding hydrogens is 290 g/mol. The number of anilines is 1. The highest BCUT2D eigenvalue weighted by Gasteiger charge is 2.50. The van der Waals surface area contributed by atoms with E-state index < -0.39 is 0 Å². The lowest BCUT2D eigenvalue weighted by molar-refractivity contribution is -0.127. The number of thioether (sulfide) groups is 1. The number of rotatable bonds is 1. The van der Waals surface area contributed by atoms with Crippen molar-refractivity contribution in [1.29, 1.82) is 0 Å². The number of likely N-dealkylation sites (N-methyl/N-ethyl adjacent to an activating group) is 1. The summed E-state index contributed by atoms with van der Waals surface area (Å²) in [7, 11) is 1.73. The first-order chi connectivity index (χ1) is 10.2. The average molecular weight is 303 g/mol. The van der Waals surface area contributed by atoms with Crippen molar-refractivity contribution in [2.45, 2.75) is 12.3 Å². The minimum atomic E-state index is -0.378. The van der Waals surface area contributed by atoms with Crippen LogP contribution in [0, 0.1) is 0 Å². The molecule has 2 atom stereocenters. The molecule has 0 aromatic heterocycles. The quantitative estimate of drug-likeness (QED) is 0.827. The number of hydrazine groups is 1. The average Bonchev–Trinajstić information content (AvgIpc) is 2.98. The Morgan fingerprint density at radius 1 is 1.29 bits per heavy atom. The molecule has 4 rings (SSSR count). The molecule has 8 heteroatoms. The molecular formula is C13H13N5O2S. The van der Waals surface area contributed by atoms with Gasteiger partial charge in [-0.2, -0.15) is 5.43 Å². The molecule has 1 aromatic carbocycles. The van der Waals surface area contributed by atoms with Crippen molar-refractivity contribution in [3.63, 3.8) is 0 Å². The smallest absolute Gasteiger partial charge is 0.302 e. The third-order valence-corrected chi connectivity index (χ3v) is 4.71. The number of nitrogens with one attached hydrogen (secondary N) is 1. The zero-order valence-electron chi connectivity index (χ0n) is 11.3. The van der Waals surface area contributed by atoms with E-state index >= 15 is 0 Å². The normalized spacial score (nSPS) is 27.9. The van der Waals surface area contributed by atoms with Gasteiger partial charge in [-0.25, -0.2) is 14.8 Å². The summed E-state index contributed by atoms with van der Waals surface area (Å²) in [4.78, 5) is 32.1. The molecule has 3 aliphatic heterocycles. The fraction of sp³-hybridized carbons (Fsp3) is 0.308. The summed E-state index contributed by atoms with van der Waals surface area (Å²) in [5.74, 6) is 0.348. The molecule has 21 heavy (non-hydrogen) atoms. The zero-order valence-corrected chi connectivity index (χ0v) is 12.1. The number of carbonyl (C=O) groups is 2. The zero-order chi connectivity index (χ0) is 14.6. The van der Waals surface area contributed by atoms with Crippen LogP contribution in [0.3, 0.4) is 0 Å². The van der Waals surface area contributed by atoms with Crippen LogP contribution < -0.4 is 10.3 Å². The molecule has 2 fully saturated rings. The van der Waals surface area contributed by atoms with Gasteiger partial charge in [0.25, 0.3) is 5.91 Å². The molecule has 0 spiro atoms. The Bertz CT molecular complexity index is 649. The molecule has 2 saturated heterocycles. The molecule has 2 unspecified atom stereocenters. The van der Waals surface area contributed by atoms with Gasteiger partial charge < -0.3 is 4.90 Å². The third-order valence-electron chi connectivity index (χ3n) is 3.77. The van der Waals surface area contributed by atoms with Gasteiger partial charge >= 0.3 is 6.03 Å². The van der Waals surface area contributed by atoms with E-state index in [2.05, 4.69) is 10.4 Å². The van der Waals surface area contributed by atoms with Gasteiger partial charge in [0, 0.05) is 12.7 Å². The number of nitrogens with zero attached hydrogens (tertiary/aromatic N) is 4. The first-order valence-electron chi connectivity index (χ1n) is 6.57. The van der Waals surface area contributed by atoms with Crippen molar-refractivity contribution >= 4 is 34.6 Å². The van der Waals surface area contributed by atoms with Gasteiger partial charge in [-0.3, -0.25) is 9.69 Å². The monoisotopic (exact) mass is 303 g/mol. The summed E-state index contributed by atoms with van der Waals surface area (Å²) < 4.78 is 0. The number of amides is 3. The number of fused-ring (bicyclic) bond motifs is 2. The van der Waals surface area contributed by atoms with Crippen LogP contribution in [0.2, 0.25) is 0 Å². The molecule has 0 saturated carbocycles. The van der Waals surface area contributed by atoms with Gasteiger partial charge in [-0.05, 0) is 12.1 Å². The minimum Gasteiger partial charge on any atom is -0.302 e. The van der Waals surface area contributed by atoms with Crippen LogP contribution in [0.1, 0.15) is 0 Å². The molecule has 7 nitrogen and oxygen atoms in total. The first kappa shape index (κ1) is 12.7. The summed E-state index contributed by atoms with van der Waals surface area (Å²) in [6.07, 6.45) is -0.710. The standard InChI is InChI=1S/C13H13N5O2S/c1-16-10-11(15-18-9(19)7-21-12(18)14-10)17(13(16)20)8-5-3-2-4-6-8/h2-6,10-11,15H,7H2,1H3. The second-order valence-electron chi connectivity index (χ2n) is 5.02. The Labute approximate surface area is 125 Å². The van der Waals surface area contributed by atoms with Crippen LogP contribution in [0.25, 0.3) is 0 Å². The van der Waals surface area contributed by atoms with Gasteiger partial charge in [0.1, 0.15) is 6.17 Å². The van der Waals surface area contributed by atoms with E-state index in [4.69, 9.17) is 0 Å². The molecule has 0 radical (unpaired) electrons. The second kappa shape index (κ2) is 4.47. The number of hydrogen-bond donors (Lipinski definition) is 1. The van der Waals surface area contributed by atoms with E-state index in [0.717, 1.165) is 5.69 Å². The van der Waals surface area contributed by atoms with E-state index in [0.29, 0.717) is 10.9 Å². The fourth-order valence-electron chi connectivity index (χ4n) is 2.72. The van der Waals surface area contributed by atoms with Gasteiger partial charge in [0.2, 0.25) is 0 Å². The number of benzene rings is 1. The molecule has 3 heterocycles. The van der Waals surface area contributed by atoms with Crippen molar-refractivity contribution in [3.05, 3.63) is 30.3 Å². The van der Waals surface area contributed by atoms with Gasteiger partial charge in [-0.15, -0.1) is 0 Å². The summed E-state index contributed by atoms with van der Waals surface area (Å²) in [5.41, 5.74) is 3.92. The highest BCUT2D eigenvalue weighted by Crippen LogP contribution is 2.32. The molecule has 1 N–H and O–H groups in total. The van der Waals surface area contributed by atoms with Gasteiger partial charge in [0.05, 0.1) is 5.75 Å². The van der Waals surface area contributed by atoms with Crippen LogP contribution in [0.5, 0.6) is 0 Å². The number of urea groups is 1.